The zero-order valence-corrected chi connectivity index (χ0v) is 7.48. The molecule has 0 saturated carbocycles. The van der Waals surface area contributed by atoms with Crippen molar-refractivity contribution in [3.8, 4) is 5.75 Å². The van der Waals surface area contributed by atoms with Gasteiger partial charge in [0.1, 0.15) is 5.75 Å². The molecule has 0 atom stereocenters. The molecule has 0 bridgehead atoms. The zero-order chi connectivity index (χ0) is 8.72. The maximum Gasteiger partial charge on any atom is 0.133 e. The second-order valence-electron chi connectivity index (χ2n) is 2.79. The molecule has 2 rings (SSSR count). The van der Waals surface area contributed by atoms with Crippen molar-refractivity contribution in [1.82, 2.24) is 0 Å². The first-order valence-corrected chi connectivity index (χ1v) is 4.48. The largest absolute Gasteiger partial charge is 0.506 e. The van der Waals surface area contributed by atoms with E-state index in [0.29, 0.717) is 5.75 Å². The number of fused-ring (bicyclic) bond motifs is 1. The van der Waals surface area contributed by atoms with Crippen LogP contribution >= 0.6 is 11.3 Å². The van der Waals surface area contributed by atoms with Gasteiger partial charge in [-0.1, -0.05) is 6.07 Å². The number of phenolic OH excluding ortho intramolecular Hbond substituents is 1. The highest BCUT2D eigenvalue weighted by Crippen LogP contribution is 2.35. The van der Waals surface area contributed by atoms with Crippen LogP contribution in [0.1, 0.15) is 5.56 Å². The Bertz CT molecular complexity index is 394. The van der Waals surface area contributed by atoms with Gasteiger partial charge in [0.05, 0.1) is 9.70 Å². The number of aryl methyl sites for hydroxylation is 1. The lowest BCUT2D eigenvalue weighted by atomic mass is 10.1. The van der Waals surface area contributed by atoms with Crippen LogP contribution in [-0.2, 0) is 0 Å². The maximum atomic E-state index is 9.46. The minimum atomic E-state index is 0.317. The van der Waals surface area contributed by atoms with Gasteiger partial charge in [-0.2, -0.15) is 0 Å². The third-order valence-electron chi connectivity index (χ3n) is 1.90. The molecule has 2 aromatic rings. The summed E-state index contributed by atoms with van der Waals surface area (Å²) >= 11 is 1.42. The van der Waals surface area contributed by atoms with Gasteiger partial charge in [0.2, 0.25) is 0 Å². The van der Waals surface area contributed by atoms with Gasteiger partial charge in [-0.15, -0.1) is 11.3 Å². The molecule has 0 unspecified atom stereocenters. The van der Waals surface area contributed by atoms with Crippen molar-refractivity contribution >= 4 is 26.4 Å². The Morgan fingerprint density at radius 2 is 2.17 bits per heavy atom. The first-order chi connectivity index (χ1) is 5.68. The summed E-state index contributed by atoms with van der Waals surface area (Å²) in [6.45, 7) is 2.01. The van der Waals surface area contributed by atoms with Crippen molar-refractivity contribution in [1.29, 1.82) is 0 Å². The average Bonchev–Trinajstić information content (AvgIpc) is 2.41. The van der Waals surface area contributed by atoms with Crippen LogP contribution in [0.15, 0.2) is 18.2 Å². The molecule has 1 aromatic carbocycles. The Kier molecular flexibility index (Phi) is 1.48. The van der Waals surface area contributed by atoms with Crippen LogP contribution in [0, 0.1) is 6.92 Å². The van der Waals surface area contributed by atoms with Crippen LogP contribution in [0.25, 0.3) is 10.1 Å². The van der Waals surface area contributed by atoms with E-state index in [1.165, 1.54) is 11.3 Å². The van der Waals surface area contributed by atoms with Gasteiger partial charge in [-0.3, -0.25) is 0 Å². The molecule has 0 aliphatic rings. The molecule has 12 heavy (non-hydrogen) atoms. The number of aromatic hydroxyl groups is 1. The summed E-state index contributed by atoms with van der Waals surface area (Å²) in [5, 5.41) is 11.3. The molecule has 3 N–H and O–H groups in total. The topological polar surface area (TPSA) is 46.2 Å². The van der Waals surface area contributed by atoms with Crippen LogP contribution in [0.5, 0.6) is 5.75 Å². The molecule has 62 valence electrons. The highest BCUT2D eigenvalue weighted by Gasteiger charge is 2.05. The van der Waals surface area contributed by atoms with Gasteiger partial charge in [-0.05, 0) is 24.6 Å². The van der Waals surface area contributed by atoms with Crippen molar-refractivity contribution in [3.05, 3.63) is 23.8 Å². The molecule has 2 nitrogen and oxygen atoms in total. The van der Waals surface area contributed by atoms with E-state index in [0.717, 1.165) is 20.7 Å². The molecule has 0 aliphatic carbocycles. The lowest BCUT2D eigenvalue weighted by Crippen LogP contribution is -1.74. The molecular formula is C9H9NOS. The quantitative estimate of drug-likeness (QED) is 0.652. The summed E-state index contributed by atoms with van der Waals surface area (Å²) in [6, 6.07) is 5.49. The summed E-state index contributed by atoms with van der Waals surface area (Å²) in [5.74, 6) is 0.317. The molecule has 0 aliphatic heterocycles. The third kappa shape index (κ3) is 0.940. The standard InChI is InChI=1S/C9H9NOS/c1-5-2-3-7(11)9-6(5)4-8(10)12-9/h2-4,11H,10H2,1H3. The Morgan fingerprint density at radius 3 is 2.83 bits per heavy atom. The number of thiophene rings is 1. The van der Waals surface area contributed by atoms with E-state index in [9.17, 15) is 5.11 Å². The predicted octanol–water partition coefficient (Wildman–Crippen LogP) is 2.50. The van der Waals surface area contributed by atoms with E-state index in [1.807, 2.05) is 19.1 Å². The van der Waals surface area contributed by atoms with Crippen LogP contribution in [0.3, 0.4) is 0 Å². The lowest BCUT2D eigenvalue weighted by Gasteiger charge is -1.96. The molecule has 3 heteroatoms. The van der Waals surface area contributed by atoms with Gasteiger partial charge in [-0.25, -0.2) is 0 Å². The number of anilines is 1. The van der Waals surface area contributed by atoms with Gasteiger partial charge in [0.25, 0.3) is 0 Å². The van der Waals surface area contributed by atoms with E-state index in [1.54, 1.807) is 6.07 Å². The van der Waals surface area contributed by atoms with E-state index >= 15 is 0 Å². The summed E-state index contributed by atoms with van der Waals surface area (Å²) in [6.07, 6.45) is 0. The second-order valence-corrected chi connectivity index (χ2v) is 3.88. The fourth-order valence-corrected chi connectivity index (χ4v) is 2.18. The Morgan fingerprint density at radius 1 is 1.42 bits per heavy atom. The summed E-state index contributed by atoms with van der Waals surface area (Å²) in [5.41, 5.74) is 6.78. The van der Waals surface area contributed by atoms with Crippen molar-refractivity contribution < 1.29 is 5.11 Å². The molecular weight excluding hydrogens is 170 g/mol. The first kappa shape index (κ1) is 7.43. The molecule has 0 spiro atoms. The normalized spacial score (nSPS) is 10.8. The van der Waals surface area contributed by atoms with Gasteiger partial charge in [0.15, 0.2) is 0 Å². The van der Waals surface area contributed by atoms with Crippen LogP contribution < -0.4 is 5.73 Å². The van der Waals surface area contributed by atoms with Crippen LogP contribution in [0.2, 0.25) is 0 Å². The van der Waals surface area contributed by atoms with Crippen molar-refractivity contribution in [2.75, 3.05) is 5.73 Å². The number of hydrogen-bond acceptors (Lipinski definition) is 3. The monoisotopic (exact) mass is 179 g/mol. The molecule has 0 saturated heterocycles. The van der Waals surface area contributed by atoms with Crippen LogP contribution in [0.4, 0.5) is 5.00 Å². The van der Waals surface area contributed by atoms with Gasteiger partial charge in [0, 0.05) is 5.39 Å². The molecule has 1 heterocycles. The SMILES string of the molecule is Cc1ccc(O)c2sc(N)cc12. The van der Waals surface area contributed by atoms with Crippen molar-refractivity contribution in [2.24, 2.45) is 0 Å². The lowest BCUT2D eigenvalue weighted by molar-refractivity contribution is 0.482. The van der Waals surface area contributed by atoms with Crippen LogP contribution in [-0.4, -0.2) is 5.11 Å². The van der Waals surface area contributed by atoms with E-state index in [-0.39, 0.29) is 0 Å². The predicted molar refractivity (Wildman–Crippen MR) is 52.6 cm³/mol. The number of benzene rings is 1. The fraction of sp³-hybridized carbons (Fsp3) is 0.111. The fourth-order valence-electron chi connectivity index (χ4n) is 1.26. The summed E-state index contributed by atoms with van der Waals surface area (Å²) in [7, 11) is 0. The Balaban J connectivity index is 2.93. The average molecular weight is 179 g/mol. The van der Waals surface area contributed by atoms with Gasteiger partial charge >= 0.3 is 0 Å². The number of nitrogen functional groups attached to an aromatic ring is 1. The van der Waals surface area contributed by atoms with Crippen molar-refractivity contribution in [2.45, 2.75) is 6.92 Å². The number of nitrogens with two attached hydrogens (primary N) is 1. The Hall–Kier alpha value is -1.22. The van der Waals surface area contributed by atoms with E-state index in [2.05, 4.69) is 0 Å². The minimum Gasteiger partial charge on any atom is -0.506 e. The third-order valence-corrected chi connectivity index (χ3v) is 2.89. The minimum absolute atomic E-state index is 0.317. The maximum absolute atomic E-state index is 9.46. The number of phenols is 1. The molecule has 0 amide bonds. The zero-order valence-electron chi connectivity index (χ0n) is 6.66. The molecule has 0 fully saturated rings. The first-order valence-electron chi connectivity index (χ1n) is 3.66. The highest BCUT2D eigenvalue weighted by atomic mass is 32.1. The van der Waals surface area contributed by atoms with Crippen molar-refractivity contribution in [3.63, 3.8) is 0 Å². The second kappa shape index (κ2) is 2.38. The molecule has 0 radical (unpaired) electrons. The molecule has 1 aromatic heterocycles. The Labute approximate surface area is 74.3 Å². The number of rotatable bonds is 0. The summed E-state index contributed by atoms with van der Waals surface area (Å²) < 4.78 is 0.882. The van der Waals surface area contributed by atoms with E-state index < -0.39 is 0 Å². The van der Waals surface area contributed by atoms with E-state index in [4.69, 9.17) is 5.73 Å². The van der Waals surface area contributed by atoms with Gasteiger partial charge < -0.3 is 10.8 Å². The summed E-state index contributed by atoms with van der Waals surface area (Å²) in [4.78, 5) is 0. The highest BCUT2D eigenvalue weighted by molar-refractivity contribution is 7.23. The smallest absolute Gasteiger partial charge is 0.133 e. The number of hydrogen-bond donors (Lipinski definition) is 2.